The smallest absolute Gasteiger partial charge is 0.311 e. The van der Waals surface area contributed by atoms with Crippen LogP contribution in [0.15, 0.2) is 42.5 Å². The molecule has 9 heteroatoms. The van der Waals surface area contributed by atoms with Crippen molar-refractivity contribution in [3.05, 3.63) is 64.0 Å². The van der Waals surface area contributed by atoms with Crippen molar-refractivity contribution in [2.75, 3.05) is 12.9 Å². The van der Waals surface area contributed by atoms with Crippen molar-refractivity contribution in [1.29, 1.82) is 0 Å². The third kappa shape index (κ3) is 5.10. The van der Waals surface area contributed by atoms with Crippen molar-refractivity contribution < 1.29 is 14.5 Å². The summed E-state index contributed by atoms with van der Waals surface area (Å²) in [6.45, 7) is 4.06. The molecule has 0 aliphatic rings. The van der Waals surface area contributed by atoms with Crippen LogP contribution in [0.3, 0.4) is 0 Å². The summed E-state index contributed by atoms with van der Waals surface area (Å²) >= 11 is 1.40. The molecule has 158 valence electrons. The third-order valence-corrected chi connectivity index (χ3v) is 5.63. The molecule has 0 aliphatic heterocycles. The number of carbonyl (C=O) groups excluding carboxylic acids is 1. The van der Waals surface area contributed by atoms with Crippen LogP contribution in [0.1, 0.15) is 31.3 Å². The van der Waals surface area contributed by atoms with Crippen molar-refractivity contribution in [2.45, 2.75) is 25.6 Å². The van der Waals surface area contributed by atoms with E-state index in [1.54, 1.807) is 12.1 Å². The van der Waals surface area contributed by atoms with E-state index in [-0.39, 0.29) is 35.1 Å². The van der Waals surface area contributed by atoms with Gasteiger partial charge in [0.25, 0.3) is 0 Å². The van der Waals surface area contributed by atoms with Gasteiger partial charge in [-0.25, -0.2) is 4.98 Å². The van der Waals surface area contributed by atoms with Gasteiger partial charge in [-0.05, 0) is 29.7 Å². The Labute approximate surface area is 178 Å². The van der Waals surface area contributed by atoms with Crippen LogP contribution in [0, 0.1) is 16.0 Å². The highest BCUT2D eigenvalue weighted by Crippen LogP contribution is 2.29. The number of H-pyrrole nitrogens is 1. The normalized spacial score (nSPS) is 12.1. The maximum atomic E-state index is 12.5. The molecule has 0 radical (unpaired) electrons. The van der Waals surface area contributed by atoms with Crippen molar-refractivity contribution >= 4 is 34.4 Å². The second kappa shape index (κ2) is 9.62. The summed E-state index contributed by atoms with van der Waals surface area (Å²) in [4.78, 5) is 31.1. The fourth-order valence-electron chi connectivity index (χ4n) is 3.12. The Morgan fingerprint density at radius 2 is 2.07 bits per heavy atom. The molecule has 0 aliphatic carbocycles. The monoisotopic (exact) mass is 428 g/mol. The SMILES string of the molecule is COc1ccc(CSCC(=O)NC(c2nc3ccccc3[nH]2)C(C)C)cc1[N+](=O)[O-]. The molecule has 30 heavy (non-hydrogen) atoms. The maximum absolute atomic E-state index is 12.5. The van der Waals surface area contributed by atoms with Crippen molar-refractivity contribution in [1.82, 2.24) is 15.3 Å². The van der Waals surface area contributed by atoms with Gasteiger partial charge in [-0.3, -0.25) is 14.9 Å². The summed E-state index contributed by atoms with van der Waals surface area (Å²) in [6, 6.07) is 12.3. The molecule has 2 N–H and O–H groups in total. The van der Waals surface area contributed by atoms with Crippen LogP contribution in [0.5, 0.6) is 5.75 Å². The number of ether oxygens (including phenoxy) is 1. The second-order valence-electron chi connectivity index (χ2n) is 7.18. The summed E-state index contributed by atoms with van der Waals surface area (Å²) in [7, 11) is 1.40. The molecule has 0 saturated heterocycles. The number of rotatable bonds is 9. The Morgan fingerprint density at radius 3 is 2.73 bits per heavy atom. The number of amides is 1. The van der Waals surface area contributed by atoms with E-state index in [2.05, 4.69) is 15.3 Å². The first-order chi connectivity index (χ1) is 14.4. The number of benzene rings is 2. The van der Waals surface area contributed by atoms with Crippen LogP contribution in [-0.4, -0.2) is 33.7 Å². The molecule has 0 saturated carbocycles. The lowest BCUT2D eigenvalue weighted by Gasteiger charge is -2.20. The molecule has 0 bridgehead atoms. The number of aromatic amines is 1. The van der Waals surface area contributed by atoms with E-state index in [0.717, 1.165) is 22.4 Å². The van der Waals surface area contributed by atoms with Gasteiger partial charge in [-0.2, -0.15) is 0 Å². The molecule has 2 aromatic carbocycles. The fraction of sp³-hybridized carbons (Fsp3) is 0.333. The number of imidazole rings is 1. The van der Waals surface area contributed by atoms with Crippen LogP contribution in [0.25, 0.3) is 11.0 Å². The highest BCUT2D eigenvalue weighted by Gasteiger charge is 2.22. The maximum Gasteiger partial charge on any atom is 0.311 e. The Morgan fingerprint density at radius 1 is 1.30 bits per heavy atom. The average molecular weight is 429 g/mol. The van der Waals surface area contributed by atoms with Crippen LogP contribution < -0.4 is 10.1 Å². The minimum atomic E-state index is -0.472. The van der Waals surface area contributed by atoms with Crippen LogP contribution in [-0.2, 0) is 10.5 Å². The highest BCUT2D eigenvalue weighted by atomic mass is 32.2. The van der Waals surface area contributed by atoms with Crippen molar-refractivity contribution in [3.8, 4) is 5.75 Å². The van der Waals surface area contributed by atoms with E-state index in [0.29, 0.717) is 5.75 Å². The van der Waals surface area contributed by atoms with E-state index < -0.39 is 4.92 Å². The van der Waals surface area contributed by atoms with Gasteiger partial charge in [0.05, 0.1) is 34.9 Å². The summed E-state index contributed by atoms with van der Waals surface area (Å²) < 4.78 is 5.01. The number of thioether (sulfide) groups is 1. The molecule has 8 nitrogen and oxygen atoms in total. The van der Waals surface area contributed by atoms with Crippen molar-refractivity contribution in [3.63, 3.8) is 0 Å². The minimum Gasteiger partial charge on any atom is -0.490 e. The first-order valence-corrected chi connectivity index (χ1v) is 10.7. The molecule has 1 aromatic heterocycles. The standard InChI is InChI=1S/C21H24N4O4S/c1-13(2)20(21-22-15-6-4-5-7-16(15)23-21)24-19(26)12-30-11-14-8-9-18(29-3)17(10-14)25(27)28/h4-10,13,20H,11-12H2,1-3H3,(H,22,23)(H,24,26). The van der Waals surface area contributed by atoms with Crippen LogP contribution >= 0.6 is 11.8 Å². The molecule has 1 atom stereocenters. The van der Waals surface area contributed by atoms with E-state index in [9.17, 15) is 14.9 Å². The zero-order valence-corrected chi connectivity index (χ0v) is 17.9. The molecule has 0 spiro atoms. The van der Waals surface area contributed by atoms with Gasteiger partial charge in [-0.15, -0.1) is 11.8 Å². The summed E-state index contributed by atoms with van der Waals surface area (Å²) in [5, 5.41) is 14.2. The van der Waals surface area contributed by atoms with Gasteiger partial charge in [0.1, 0.15) is 5.82 Å². The lowest BCUT2D eigenvalue weighted by atomic mass is 10.0. The number of aromatic nitrogens is 2. The number of para-hydroxylation sites is 2. The van der Waals surface area contributed by atoms with Gasteiger partial charge < -0.3 is 15.0 Å². The van der Waals surface area contributed by atoms with E-state index >= 15 is 0 Å². The van der Waals surface area contributed by atoms with Gasteiger partial charge in [0, 0.05) is 11.8 Å². The highest BCUT2D eigenvalue weighted by molar-refractivity contribution is 7.99. The van der Waals surface area contributed by atoms with E-state index in [4.69, 9.17) is 4.74 Å². The zero-order chi connectivity index (χ0) is 21.7. The lowest BCUT2D eigenvalue weighted by molar-refractivity contribution is -0.385. The number of nitrogens with one attached hydrogen (secondary N) is 2. The second-order valence-corrected chi connectivity index (χ2v) is 8.17. The number of hydrogen-bond acceptors (Lipinski definition) is 6. The average Bonchev–Trinajstić information content (AvgIpc) is 3.15. The summed E-state index contributed by atoms with van der Waals surface area (Å²) in [5.74, 6) is 1.72. The van der Waals surface area contributed by atoms with Gasteiger partial charge in [0.2, 0.25) is 5.91 Å². The molecule has 1 amide bonds. The number of fused-ring (bicyclic) bond motifs is 1. The number of nitro groups is 1. The molecule has 3 rings (SSSR count). The quantitative estimate of drug-likeness (QED) is 0.390. The summed E-state index contributed by atoms with van der Waals surface area (Å²) in [5.41, 5.74) is 2.48. The van der Waals surface area contributed by atoms with Crippen molar-refractivity contribution in [2.24, 2.45) is 5.92 Å². The zero-order valence-electron chi connectivity index (χ0n) is 17.0. The topological polar surface area (TPSA) is 110 Å². The predicted octanol–water partition coefficient (Wildman–Crippen LogP) is 4.23. The fourth-order valence-corrected chi connectivity index (χ4v) is 3.90. The predicted molar refractivity (Wildman–Crippen MR) is 118 cm³/mol. The molecule has 3 aromatic rings. The number of hydrogen-bond donors (Lipinski definition) is 2. The Bertz CT molecular complexity index is 1020. The Kier molecular flexibility index (Phi) is 6.94. The largest absolute Gasteiger partial charge is 0.490 e. The Balaban J connectivity index is 1.60. The number of nitrogens with zero attached hydrogens (tertiary/aromatic N) is 2. The lowest BCUT2D eigenvalue weighted by Crippen LogP contribution is -2.33. The molecular weight excluding hydrogens is 404 g/mol. The molecule has 1 heterocycles. The number of nitro benzene ring substituents is 1. The van der Waals surface area contributed by atoms with Gasteiger partial charge >= 0.3 is 5.69 Å². The summed E-state index contributed by atoms with van der Waals surface area (Å²) in [6.07, 6.45) is 0. The van der Waals surface area contributed by atoms with Crippen LogP contribution in [0.2, 0.25) is 0 Å². The molecule has 0 fully saturated rings. The number of carbonyl (C=O) groups is 1. The van der Waals surface area contributed by atoms with Gasteiger partial charge in [0.15, 0.2) is 5.75 Å². The number of methoxy groups -OCH3 is 1. The third-order valence-electron chi connectivity index (χ3n) is 4.63. The minimum absolute atomic E-state index is 0.0789. The first-order valence-electron chi connectivity index (χ1n) is 9.52. The van der Waals surface area contributed by atoms with Gasteiger partial charge in [-0.1, -0.05) is 32.0 Å². The van der Waals surface area contributed by atoms with Crippen LogP contribution in [0.4, 0.5) is 5.69 Å². The molecule has 1 unspecified atom stereocenters. The van der Waals surface area contributed by atoms with E-state index in [1.165, 1.54) is 24.9 Å². The first kappa shape index (κ1) is 21.6. The Hall–Kier alpha value is -3.07. The van der Waals surface area contributed by atoms with E-state index in [1.807, 2.05) is 38.1 Å². The molecular formula is C21H24N4O4S.